The Hall–Kier alpha value is -1.59. The normalized spacial score (nSPS) is 10.2. The first-order chi connectivity index (χ1) is 9.42. The van der Waals surface area contributed by atoms with E-state index in [1.807, 2.05) is 13.8 Å². The minimum atomic E-state index is -0.0984. The third-order valence-electron chi connectivity index (χ3n) is 2.86. The molecule has 0 aromatic rings. The molecule has 0 aliphatic carbocycles. The third kappa shape index (κ3) is 7.76. The fourth-order valence-electron chi connectivity index (χ4n) is 1.61. The molecule has 0 aliphatic rings. The first-order valence-electron chi connectivity index (χ1n) is 7.24. The van der Waals surface area contributed by atoms with E-state index in [1.54, 1.807) is 18.7 Å². The highest BCUT2D eigenvalue weighted by Crippen LogP contribution is 2.00. The van der Waals surface area contributed by atoms with E-state index in [0.29, 0.717) is 39.0 Å². The van der Waals surface area contributed by atoms with Gasteiger partial charge in [-0.1, -0.05) is 27.7 Å². The predicted molar refractivity (Wildman–Crippen MR) is 78.0 cm³/mol. The Morgan fingerprint density at radius 1 is 0.900 bits per heavy atom. The second-order valence-electron chi connectivity index (χ2n) is 4.89. The maximum Gasteiger partial charge on any atom is 0.225 e. The monoisotopic (exact) mass is 285 g/mol. The first-order valence-corrected chi connectivity index (χ1v) is 7.24. The lowest BCUT2D eigenvalue weighted by Crippen LogP contribution is -2.44. The predicted octanol–water partition coefficient (Wildman–Crippen LogP) is 0.523. The maximum absolute atomic E-state index is 12.0. The summed E-state index contributed by atoms with van der Waals surface area (Å²) in [6.45, 7) is 9.05. The van der Waals surface area contributed by atoms with Crippen LogP contribution in [0.3, 0.4) is 0 Å². The van der Waals surface area contributed by atoms with Crippen LogP contribution in [0.15, 0.2) is 0 Å². The van der Waals surface area contributed by atoms with E-state index in [9.17, 15) is 14.4 Å². The number of carbonyl (C=O) groups excluding carboxylic acids is 3. The molecule has 0 rings (SSSR count). The Labute approximate surface area is 121 Å². The van der Waals surface area contributed by atoms with Gasteiger partial charge < -0.3 is 15.5 Å². The van der Waals surface area contributed by atoms with Crippen LogP contribution in [0.25, 0.3) is 0 Å². The van der Waals surface area contributed by atoms with Gasteiger partial charge in [-0.2, -0.15) is 0 Å². The van der Waals surface area contributed by atoms with Gasteiger partial charge in [-0.25, -0.2) is 0 Å². The van der Waals surface area contributed by atoms with Gasteiger partial charge in [-0.3, -0.25) is 14.4 Å². The molecule has 0 bridgehead atoms. The van der Waals surface area contributed by atoms with Crippen LogP contribution >= 0.6 is 0 Å². The molecule has 0 unspecified atom stereocenters. The molecule has 20 heavy (non-hydrogen) atoms. The number of hydrogen-bond donors (Lipinski definition) is 2. The average Bonchev–Trinajstić information content (AvgIpc) is 2.43. The number of nitrogens with one attached hydrogen (secondary N) is 2. The standard InChI is InChI=1S/C14H27N3O3/c1-5-12(18)15-7-9-17(14(20)11(3)4)10-8-16-13(19)6-2/h11H,5-10H2,1-4H3,(H,15,18)(H,16,19). The van der Waals surface area contributed by atoms with Crippen molar-refractivity contribution in [1.29, 1.82) is 0 Å². The fourth-order valence-corrected chi connectivity index (χ4v) is 1.61. The highest BCUT2D eigenvalue weighted by molar-refractivity contribution is 5.79. The Morgan fingerprint density at radius 3 is 1.60 bits per heavy atom. The third-order valence-corrected chi connectivity index (χ3v) is 2.86. The average molecular weight is 285 g/mol. The van der Waals surface area contributed by atoms with E-state index in [1.165, 1.54) is 0 Å². The van der Waals surface area contributed by atoms with Crippen LogP contribution in [-0.2, 0) is 14.4 Å². The van der Waals surface area contributed by atoms with Gasteiger partial charge in [0.2, 0.25) is 17.7 Å². The molecule has 0 aromatic carbocycles. The van der Waals surface area contributed by atoms with E-state index in [0.717, 1.165) is 0 Å². The van der Waals surface area contributed by atoms with Crippen molar-refractivity contribution in [2.45, 2.75) is 40.5 Å². The molecule has 0 spiro atoms. The van der Waals surface area contributed by atoms with Crippen LogP contribution in [-0.4, -0.2) is 48.8 Å². The van der Waals surface area contributed by atoms with Gasteiger partial charge in [0.15, 0.2) is 0 Å². The van der Waals surface area contributed by atoms with Gasteiger partial charge in [0.1, 0.15) is 0 Å². The molecule has 0 saturated heterocycles. The smallest absolute Gasteiger partial charge is 0.225 e. The molecule has 0 radical (unpaired) electrons. The summed E-state index contributed by atoms with van der Waals surface area (Å²) < 4.78 is 0. The quantitative estimate of drug-likeness (QED) is 0.648. The molecule has 0 atom stereocenters. The molecule has 6 heteroatoms. The van der Waals surface area contributed by atoms with E-state index in [4.69, 9.17) is 0 Å². The molecular formula is C14H27N3O3. The van der Waals surface area contributed by atoms with E-state index < -0.39 is 0 Å². The summed E-state index contributed by atoms with van der Waals surface area (Å²) in [5.41, 5.74) is 0. The van der Waals surface area contributed by atoms with Crippen LogP contribution < -0.4 is 10.6 Å². The minimum absolute atomic E-state index is 0.0266. The molecule has 0 saturated carbocycles. The van der Waals surface area contributed by atoms with Crippen molar-refractivity contribution >= 4 is 17.7 Å². The molecule has 0 aromatic heterocycles. The molecular weight excluding hydrogens is 258 g/mol. The summed E-state index contributed by atoms with van der Waals surface area (Å²) in [4.78, 5) is 36.0. The molecule has 116 valence electrons. The topological polar surface area (TPSA) is 78.5 Å². The Morgan fingerprint density at radius 2 is 1.30 bits per heavy atom. The summed E-state index contributed by atoms with van der Waals surface area (Å²) >= 11 is 0. The van der Waals surface area contributed by atoms with Gasteiger partial charge in [0.05, 0.1) is 0 Å². The second kappa shape index (κ2) is 10.2. The van der Waals surface area contributed by atoms with Crippen molar-refractivity contribution in [2.24, 2.45) is 5.92 Å². The zero-order chi connectivity index (χ0) is 15.5. The van der Waals surface area contributed by atoms with Crippen LogP contribution in [0, 0.1) is 5.92 Å². The molecule has 0 aliphatic heterocycles. The Kier molecular flexibility index (Phi) is 9.41. The summed E-state index contributed by atoms with van der Waals surface area (Å²) in [5, 5.41) is 5.49. The van der Waals surface area contributed by atoms with Gasteiger partial charge in [-0.15, -0.1) is 0 Å². The van der Waals surface area contributed by atoms with Gasteiger partial charge in [0, 0.05) is 44.9 Å². The van der Waals surface area contributed by atoms with Crippen molar-refractivity contribution in [3.63, 3.8) is 0 Å². The van der Waals surface area contributed by atoms with E-state index >= 15 is 0 Å². The van der Waals surface area contributed by atoms with Crippen molar-refractivity contribution in [2.75, 3.05) is 26.2 Å². The van der Waals surface area contributed by atoms with Crippen molar-refractivity contribution in [3.05, 3.63) is 0 Å². The van der Waals surface area contributed by atoms with E-state index in [2.05, 4.69) is 10.6 Å². The van der Waals surface area contributed by atoms with Gasteiger partial charge in [0.25, 0.3) is 0 Å². The molecule has 0 heterocycles. The lowest BCUT2D eigenvalue weighted by atomic mass is 10.2. The van der Waals surface area contributed by atoms with Crippen molar-refractivity contribution in [3.8, 4) is 0 Å². The minimum Gasteiger partial charge on any atom is -0.354 e. The SMILES string of the molecule is CCC(=O)NCCN(CCNC(=O)CC)C(=O)C(C)C. The number of amides is 3. The lowest BCUT2D eigenvalue weighted by molar-refractivity contribution is -0.135. The fraction of sp³-hybridized carbons (Fsp3) is 0.786. The Bertz CT molecular complexity index is 308. The zero-order valence-electron chi connectivity index (χ0n) is 13.0. The first kappa shape index (κ1) is 18.4. The maximum atomic E-state index is 12.0. The molecule has 2 N–H and O–H groups in total. The van der Waals surface area contributed by atoms with Crippen LogP contribution in [0.1, 0.15) is 40.5 Å². The highest BCUT2D eigenvalue weighted by atomic mass is 16.2. The largest absolute Gasteiger partial charge is 0.354 e. The number of carbonyl (C=O) groups is 3. The number of hydrogen-bond acceptors (Lipinski definition) is 3. The second-order valence-corrected chi connectivity index (χ2v) is 4.89. The van der Waals surface area contributed by atoms with Crippen LogP contribution in [0.2, 0.25) is 0 Å². The summed E-state index contributed by atoms with van der Waals surface area (Å²) in [6.07, 6.45) is 0.870. The highest BCUT2D eigenvalue weighted by Gasteiger charge is 2.16. The Balaban J connectivity index is 4.24. The lowest BCUT2D eigenvalue weighted by Gasteiger charge is -2.25. The zero-order valence-corrected chi connectivity index (χ0v) is 13.0. The van der Waals surface area contributed by atoms with Crippen molar-refractivity contribution in [1.82, 2.24) is 15.5 Å². The van der Waals surface area contributed by atoms with Gasteiger partial charge in [-0.05, 0) is 0 Å². The summed E-state index contributed by atoms with van der Waals surface area (Å²) in [7, 11) is 0. The molecule has 6 nitrogen and oxygen atoms in total. The summed E-state index contributed by atoms with van der Waals surface area (Å²) in [6, 6.07) is 0. The van der Waals surface area contributed by atoms with Crippen LogP contribution in [0.5, 0.6) is 0 Å². The van der Waals surface area contributed by atoms with Gasteiger partial charge >= 0.3 is 0 Å². The summed E-state index contributed by atoms with van der Waals surface area (Å²) in [5.74, 6) is -0.122. The molecule has 3 amide bonds. The van der Waals surface area contributed by atoms with E-state index in [-0.39, 0.29) is 23.6 Å². The van der Waals surface area contributed by atoms with Crippen molar-refractivity contribution < 1.29 is 14.4 Å². The number of rotatable bonds is 9. The molecule has 0 fully saturated rings. The van der Waals surface area contributed by atoms with Crippen LogP contribution in [0.4, 0.5) is 0 Å². The number of nitrogens with zero attached hydrogens (tertiary/aromatic N) is 1.